The minimum Gasteiger partial charge on any atom is -0.387 e. The molecule has 0 spiro atoms. The van der Waals surface area contributed by atoms with E-state index in [0.717, 1.165) is 34.4 Å². The maximum absolute atomic E-state index is 12.3. The van der Waals surface area contributed by atoms with Crippen molar-refractivity contribution >= 4 is 37.1 Å². The van der Waals surface area contributed by atoms with Crippen molar-refractivity contribution in [2.24, 2.45) is 0 Å². The van der Waals surface area contributed by atoms with E-state index in [1.54, 1.807) is 5.38 Å². The number of rotatable bonds is 6. The van der Waals surface area contributed by atoms with E-state index in [0.29, 0.717) is 5.56 Å². The van der Waals surface area contributed by atoms with Crippen LogP contribution < -0.4 is 4.72 Å². The largest absolute Gasteiger partial charge is 0.387 e. The van der Waals surface area contributed by atoms with Crippen LogP contribution in [0.1, 0.15) is 11.7 Å². The molecule has 7 nitrogen and oxygen atoms in total. The van der Waals surface area contributed by atoms with Gasteiger partial charge < -0.3 is 5.11 Å². The molecule has 9 heteroatoms. The van der Waals surface area contributed by atoms with Crippen molar-refractivity contribution in [1.82, 2.24) is 4.72 Å². The molecule has 3 aromatic rings. The Bertz CT molecular complexity index is 1010. The molecule has 1 aromatic heterocycles. The lowest BCUT2D eigenvalue weighted by atomic mass is 10.1. The highest BCUT2D eigenvalue weighted by atomic mass is 32.2. The van der Waals surface area contributed by atoms with Crippen LogP contribution in [0.4, 0.5) is 5.69 Å². The van der Waals surface area contributed by atoms with E-state index >= 15 is 0 Å². The Balaban J connectivity index is 1.74. The minimum absolute atomic E-state index is 0.0968. The molecule has 2 N–H and O–H groups in total. The standard InChI is InChI=1S/C16H14N2O5S2/c19-15(14-10-24-16-4-2-1-3-13(14)16)9-17-25(22,23)12-7-5-11(6-8-12)18(20)21/h1-8,10,15,17,19H,9H2. The van der Waals surface area contributed by atoms with E-state index in [1.807, 2.05) is 24.3 Å². The molecule has 0 bridgehead atoms. The van der Waals surface area contributed by atoms with Crippen molar-refractivity contribution < 1.29 is 18.4 Å². The maximum atomic E-state index is 12.3. The number of sulfonamides is 1. The second-order valence-corrected chi connectivity index (χ2v) is 7.98. The quantitative estimate of drug-likeness (QED) is 0.506. The molecule has 0 aliphatic rings. The number of nitrogens with zero attached hydrogens (tertiary/aromatic N) is 1. The van der Waals surface area contributed by atoms with Crippen LogP contribution in [0.3, 0.4) is 0 Å². The molecule has 3 rings (SSSR count). The molecular formula is C16H14N2O5S2. The smallest absolute Gasteiger partial charge is 0.269 e. The van der Waals surface area contributed by atoms with E-state index in [4.69, 9.17) is 0 Å². The predicted octanol–water partition coefficient (Wildman–Crippen LogP) is 2.82. The molecule has 2 aromatic carbocycles. The van der Waals surface area contributed by atoms with Gasteiger partial charge in [-0.2, -0.15) is 0 Å². The van der Waals surface area contributed by atoms with Crippen LogP contribution in [0.2, 0.25) is 0 Å². The Morgan fingerprint density at radius 2 is 1.84 bits per heavy atom. The normalized spacial score (nSPS) is 13.0. The number of non-ortho nitro benzene ring substituents is 1. The molecule has 0 amide bonds. The van der Waals surface area contributed by atoms with Gasteiger partial charge in [-0.05, 0) is 29.0 Å². The number of nitro benzene ring substituents is 1. The second kappa shape index (κ2) is 6.89. The first-order chi connectivity index (χ1) is 11.9. The lowest BCUT2D eigenvalue weighted by Crippen LogP contribution is -2.28. The van der Waals surface area contributed by atoms with Gasteiger partial charge in [0.15, 0.2) is 0 Å². The number of hydrogen-bond acceptors (Lipinski definition) is 6. The molecule has 1 heterocycles. The molecule has 1 unspecified atom stereocenters. The minimum atomic E-state index is -3.87. The van der Waals surface area contributed by atoms with E-state index in [1.165, 1.54) is 11.3 Å². The first kappa shape index (κ1) is 17.5. The monoisotopic (exact) mass is 378 g/mol. The second-order valence-electron chi connectivity index (χ2n) is 5.31. The molecule has 0 saturated heterocycles. The van der Waals surface area contributed by atoms with Gasteiger partial charge in [-0.25, -0.2) is 13.1 Å². The summed E-state index contributed by atoms with van der Waals surface area (Å²) in [6, 6.07) is 12.1. The number of nitro groups is 1. The average Bonchev–Trinajstić information content (AvgIpc) is 3.04. The van der Waals surface area contributed by atoms with Crippen LogP contribution in [0.15, 0.2) is 58.8 Å². The van der Waals surface area contributed by atoms with E-state index in [2.05, 4.69) is 4.72 Å². The summed E-state index contributed by atoms with van der Waals surface area (Å²) in [5.41, 5.74) is 0.468. The van der Waals surface area contributed by atoms with Gasteiger partial charge in [0.1, 0.15) is 0 Å². The van der Waals surface area contributed by atoms with Gasteiger partial charge in [0.2, 0.25) is 10.0 Å². The van der Waals surface area contributed by atoms with Gasteiger partial charge in [0.25, 0.3) is 5.69 Å². The number of fused-ring (bicyclic) bond motifs is 1. The molecule has 0 fully saturated rings. The van der Waals surface area contributed by atoms with Crippen LogP contribution in [0.5, 0.6) is 0 Å². The number of thiophene rings is 1. The summed E-state index contributed by atoms with van der Waals surface area (Å²) >= 11 is 1.48. The highest BCUT2D eigenvalue weighted by Gasteiger charge is 2.19. The zero-order chi connectivity index (χ0) is 18.0. The molecule has 0 radical (unpaired) electrons. The van der Waals surface area contributed by atoms with Crippen LogP contribution in [-0.2, 0) is 10.0 Å². The summed E-state index contributed by atoms with van der Waals surface area (Å²) in [7, 11) is -3.87. The summed E-state index contributed by atoms with van der Waals surface area (Å²) < 4.78 is 27.9. The lowest BCUT2D eigenvalue weighted by Gasteiger charge is -2.12. The molecule has 0 aliphatic carbocycles. The summed E-state index contributed by atoms with van der Waals surface area (Å²) in [4.78, 5) is 9.93. The van der Waals surface area contributed by atoms with Crippen LogP contribution in [0, 0.1) is 10.1 Å². The average molecular weight is 378 g/mol. The fourth-order valence-electron chi connectivity index (χ4n) is 2.39. The van der Waals surface area contributed by atoms with Crippen molar-refractivity contribution in [2.75, 3.05) is 6.54 Å². The molecule has 25 heavy (non-hydrogen) atoms. The van der Waals surface area contributed by atoms with Gasteiger partial charge in [-0.15, -0.1) is 11.3 Å². The first-order valence-corrected chi connectivity index (χ1v) is 9.63. The number of hydrogen-bond donors (Lipinski definition) is 2. The van der Waals surface area contributed by atoms with E-state index in [-0.39, 0.29) is 17.1 Å². The fraction of sp³-hybridized carbons (Fsp3) is 0.125. The summed E-state index contributed by atoms with van der Waals surface area (Å²) in [6.07, 6.45) is -0.996. The first-order valence-electron chi connectivity index (χ1n) is 7.27. The molecular weight excluding hydrogens is 364 g/mol. The van der Waals surface area contributed by atoms with Crippen LogP contribution >= 0.6 is 11.3 Å². The fourth-order valence-corrected chi connectivity index (χ4v) is 4.43. The van der Waals surface area contributed by atoms with Gasteiger partial charge in [0.05, 0.1) is 15.9 Å². The third-order valence-corrected chi connectivity index (χ3v) is 6.12. The SMILES string of the molecule is O=[N+]([O-])c1ccc(S(=O)(=O)NCC(O)c2csc3ccccc23)cc1. The zero-order valence-corrected chi connectivity index (χ0v) is 14.5. The van der Waals surface area contributed by atoms with Gasteiger partial charge in [-0.1, -0.05) is 18.2 Å². The zero-order valence-electron chi connectivity index (χ0n) is 12.8. The lowest BCUT2D eigenvalue weighted by molar-refractivity contribution is -0.384. The Kier molecular flexibility index (Phi) is 4.82. The molecule has 130 valence electrons. The number of aliphatic hydroxyl groups is 1. The molecule has 1 atom stereocenters. The highest BCUT2D eigenvalue weighted by Crippen LogP contribution is 2.30. The van der Waals surface area contributed by atoms with Crippen molar-refractivity contribution in [3.8, 4) is 0 Å². The van der Waals surface area contributed by atoms with Crippen molar-refractivity contribution in [2.45, 2.75) is 11.0 Å². The Morgan fingerprint density at radius 1 is 1.16 bits per heavy atom. The van der Waals surface area contributed by atoms with Crippen LogP contribution in [0.25, 0.3) is 10.1 Å². The Hall–Kier alpha value is -2.33. The number of nitrogens with one attached hydrogen (secondary N) is 1. The Morgan fingerprint density at radius 3 is 2.52 bits per heavy atom. The predicted molar refractivity (Wildman–Crippen MR) is 95.1 cm³/mol. The van der Waals surface area contributed by atoms with Gasteiger partial charge in [0, 0.05) is 28.9 Å². The van der Waals surface area contributed by atoms with Gasteiger partial charge >= 0.3 is 0 Å². The van der Waals surface area contributed by atoms with Gasteiger partial charge in [-0.3, -0.25) is 10.1 Å². The van der Waals surface area contributed by atoms with E-state index in [9.17, 15) is 23.6 Å². The highest BCUT2D eigenvalue weighted by molar-refractivity contribution is 7.89. The summed E-state index contributed by atoms with van der Waals surface area (Å²) in [5, 5.41) is 23.6. The summed E-state index contributed by atoms with van der Waals surface area (Å²) in [5.74, 6) is 0. The third-order valence-electron chi connectivity index (χ3n) is 3.69. The molecule has 0 saturated carbocycles. The third kappa shape index (κ3) is 3.69. The van der Waals surface area contributed by atoms with E-state index < -0.39 is 21.1 Å². The van der Waals surface area contributed by atoms with Crippen molar-refractivity contribution in [3.63, 3.8) is 0 Å². The molecule has 0 aliphatic heterocycles. The topological polar surface area (TPSA) is 110 Å². The maximum Gasteiger partial charge on any atom is 0.269 e. The summed E-state index contributed by atoms with van der Waals surface area (Å²) in [6.45, 7) is -0.194. The number of aliphatic hydroxyl groups excluding tert-OH is 1. The van der Waals surface area contributed by atoms with Crippen molar-refractivity contribution in [3.05, 3.63) is 69.6 Å². The van der Waals surface area contributed by atoms with Crippen LogP contribution in [-0.4, -0.2) is 25.0 Å². The van der Waals surface area contributed by atoms with Crippen molar-refractivity contribution in [1.29, 1.82) is 0 Å². The Labute approximate surface area is 147 Å². The number of benzene rings is 2.